The Morgan fingerprint density at radius 3 is 2.57 bits per heavy atom. The molecule has 1 unspecified atom stereocenters. The van der Waals surface area contributed by atoms with Crippen LogP contribution in [0.5, 0.6) is 0 Å². The van der Waals surface area contributed by atoms with E-state index in [1.165, 1.54) is 12.1 Å². The maximum Gasteiger partial charge on any atom is 0.239 e. The van der Waals surface area contributed by atoms with Gasteiger partial charge in [-0.1, -0.05) is 19.1 Å². The number of halogens is 2. The molecule has 0 saturated heterocycles. The van der Waals surface area contributed by atoms with Crippen molar-refractivity contribution in [3.05, 3.63) is 58.4 Å². The summed E-state index contributed by atoms with van der Waals surface area (Å²) in [5.41, 5.74) is 0.975. The molecule has 0 saturated carbocycles. The number of carbonyl (C=O) groups is 1. The van der Waals surface area contributed by atoms with Crippen LogP contribution in [0.3, 0.4) is 0 Å². The first-order valence-corrected chi connectivity index (χ1v) is 8.19. The Morgan fingerprint density at radius 2 is 2.00 bits per heavy atom. The lowest BCUT2D eigenvalue weighted by molar-refractivity contribution is -0.117. The Labute approximate surface area is 143 Å². The minimum Gasteiger partial charge on any atom is -0.310 e. The number of carbonyl (C=O) groups excluding carboxylic acids is 1. The standard InChI is InChI=1S/C17H19BrFN3O/c1-3-22(12(2)13-4-7-15(19)8-5-13)11-17(23)21-16-9-6-14(18)10-20-16/h4-10,12H,3,11H2,1-2H3,(H,20,21,23). The molecule has 0 aliphatic carbocycles. The molecule has 2 aromatic rings. The van der Waals surface area contributed by atoms with Gasteiger partial charge in [0.05, 0.1) is 6.54 Å². The smallest absolute Gasteiger partial charge is 0.239 e. The first-order chi connectivity index (χ1) is 11.0. The van der Waals surface area contributed by atoms with Crippen molar-refractivity contribution in [2.75, 3.05) is 18.4 Å². The van der Waals surface area contributed by atoms with Gasteiger partial charge < -0.3 is 5.32 Å². The number of amides is 1. The molecule has 2 rings (SSSR count). The largest absolute Gasteiger partial charge is 0.310 e. The minimum absolute atomic E-state index is 0.0178. The number of nitrogens with one attached hydrogen (secondary N) is 1. The highest BCUT2D eigenvalue weighted by atomic mass is 79.9. The molecule has 23 heavy (non-hydrogen) atoms. The fraction of sp³-hybridized carbons (Fsp3) is 0.294. The molecular weight excluding hydrogens is 361 g/mol. The van der Waals surface area contributed by atoms with Crippen LogP contribution < -0.4 is 5.32 Å². The summed E-state index contributed by atoms with van der Waals surface area (Å²) in [5, 5.41) is 2.78. The van der Waals surface area contributed by atoms with E-state index < -0.39 is 0 Å². The molecule has 1 heterocycles. The Bertz CT molecular complexity index is 646. The van der Waals surface area contributed by atoms with Crippen LogP contribution in [0.4, 0.5) is 10.2 Å². The molecule has 1 atom stereocenters. The highest BCUT2D eigenvalue weighted by Gasteiger charge is 2.17. The number of nitrogens with zero attached hydrogens (tertiary/aromatic N) is 2. The SMILES string of the molecule is CCN(CC(=O)Nc1ccc(Br)cn1)C(C)c1ccc(F)cc1. The molecule has 0 aliphatic heterocycles. The highest BCUT2D eigenvalue weighted by molar-refractivity contribution is 9.10. The molecule has 1 N–H and O–H groups in total. The Kier molecular flexibility index (Phi) is 6.24. The van der Waals surface area contributed by atoms with Crippen molar-refractivity contribution >= 4 is 27.7 Å². The van der Waals surface area contributed by atoms with Crippen molar-refractivity contribution in [2.45, 2.75) is 19.9 Å². The quantitative estimate of drug-likeness (QED) is 0.824. The van der Waals surface area contributed by atoms with Crippen molar-refractivity contribution in [2.24, 2.45) is 0 Å². The summed E-state index contributed by atoms with van der Waals surface area (Å²) in [6.45, 7) is 4.94. The zero-order chi connectivity index (χ0) is 16.8. The molecule has 1 amide bonds. The van der Waals surface area contributed by atoms with E-state index in [0.717, 1.165) is 10.0 Å². The second-order valence-corrected chi connectivity index (χ2v) is 6.12. The third-order valence-electron chi connectivity index (χ3n) is 3.65. The van der Waals surface area contributed by atoms with Crippen LogP contribution in [-0.2, 0) is 4.79 Å². The molecule has 4 nitrogen and oxygen atoms in total. The molecule has 0 radical (unpaired) electrons. The number of aromatic nitrogens is 1. The number of rotatable bonds is 6. The summed E-state index contributed by atoms with van der Waals surface area (Å²) in [7, 11) is 0. The van der Waals surface area contributed by atoms with Crippen molar-refractivity contribution in [3.63, 3.8) is 0 Å². The molecule has 0 fully saturated rings. The van der Waals surface area contributed by atoms with Gasteiger partial charge in [0, 0.05) is 16.7 Å². The van der Waals surface area contributed by atoms with E-state index in [1.54, 1.807) is 24.4 Å². The summed E-state index contributed by atoms with van der Waals surface area (Å²) >= 11 is 3.30. The number of benzene rings is 1. The fourth-order valence-electron chi connectivity index (χ4n) is 2.29. The normalized spacial score (nSPS) is 12.2. The van der Waals surface area contributed by atoms with E-state index in [-0.39, 0.29) is 24.3 Å². The second-order valence-electron chi connectivity index (χ2n) is 5.20. The van der Waals surface area contributed by atoms with E-state index in [4.69, 9.17) is 0 Å². The van der Waals surface area contributed by atoms with Crippen molar-refractivity contribution in [3.8, 4) is 0 Å². The lowest BCUT2D eigenvalue weighted by Crippen LogP contribution is -2.35. The van der Waals surface area contributed by atoms with E-state index in [2.05, 4.69) is 26.2 Å². The first kappa shape index (κ1) is 17.6. The summed E-state index contributed by atoms with van der Waals surface area (Å²) in [5.74, 6) is 0.127. The molecule has 6 heteroatoms. The lowest BCUT2D eigenvalue weighted by Gasteiger charge is -2.27. The highest BCUT2D eigenvalue weighted by Crippen LogP contribution is 2.20. The van der Waals surface area contributed by atoms with Gasteiger partial charge in [-0.3, -0.25) is 9.69 Å². The number of hydrogen-bond acceptors (Lipinski definition) is 3. The van der Waals surface area contributed by atoms with E-state index >= 15 is 0 Å². The third kappa shape index (κ3) is 5.11. The Balaban J connectivity index is 1.99. The van der Waals surface area contributed by atoms with Crippen LogP contribution in [0.1, 0.15) is 25.5 Å². The predicted octanol–water partition coefficient (Wildman–Crippen LogP) is 4.00. The summed E-state index contributed by atoms with van der Waals surface area (Å²) in [4.78, 5) is 18.3. The number of anilines is 1. The zero-order valence-corrected chi connectivity index (χ0v) is 14.7. The van der Waals surface area contributed by atoms with Crippen LogP contribution in [-0.4, -0.2) is 28.9 Å². The maximum atomic E-state index is 13.0. The lowest BCUT2D eigenvalue weighted by atomic mass is 10.1. The van der Waals surface area contributed by atoms with E-state index in [0.29, 0.717) is 12.4 Å². The summed E-state index contributed by atoms with van der Waals surface area (Å²) in [6, 6.07) is 9.94. The second kappa shape index (κ2) is 8.17. The molecule has 1 aromatic carbocycles. The van der Waals surface area contributed by atoms with Gasteiger partial charge in [-0.2, -0.15) is 0 Å². The van der Waals surface area contributed by atoms with Gasteiger partial charge in [0.1, 0.15) is 11.6 Å². The van der Waals surface area contributed by atoms with Crippen LogP contribution in [0.15, 0.2) is 47.1 Å². The van der Waals surface area contributed by atoms with Gasteiger partial charge in [-0.15, -0.1) is 0 Å². The molecule has 0 spiro atoms. The third-order valence-corrected chi connectivity index (χ3v) is 4.12. The van der Waals surface area contributed by atoms with Crippen LogP contribution in [0, 0.1) is 5.82 Å². The van der Waals surface area contributed by atoms with Gasteiger partial charge in [-0.05, 0) is 59.2 Å². The summed E-state index contributed by atoms with van der Waals surface area (Å²) in [6.07, 6.45) is 1.63. The topological polar surface area (TPSA) is 45.2 Å². The molecule has 122 valence electrons. The van der Waals surface area contributed by atoms with E-state index in [9.17, 15) is 9.18 Å². The fourth-order valence-corrected chi connectivity index (χ4v) is 2.53. The molecular formula is C17H19BrFN3O. The van der Waals surface area contributed by atoms with Gasteiger partial charge in [-0.25, -0.2) is 9.37 Å². The van der Waals surface area contributed by atoms with Crippen LogP contribution in [0.2, 0.25) is 0 Å². The van der Waals surface area contributed by atoms with Gasteiger partial charge >= 0.3 is 0 Å². The first-order valence-electron chi connectivity index (χ1n) is 7.40. The monoisotopic (exact) mass is 379 g/mol. The summed E-state index contributed by atoms with van der Waals surface area (Å²) < 4.78 is 13.9. The van der Waals surface area contributed by atoms with E-state index in [1.807, 2.05) is 24.8 Å². The average Bonchev–Trinajstić information content (AvgIpc) is 2.55. The molecule has 1 aromatic heterocycles. The Hall–Kier alpha value is -1.79. The van der Waals surface area contributed by atoms with Crippen molar-refractivity contribution in [1.82, 2.24) is 9.88 Å². The Morgan fingerprint density at radius 1 is 1.30 bits per heavy atom. The number of likely N-dealkylation sites (N-methyl/N-ethyl adjacent to an activating group) is 1. The average molecular weight is 380 g/mol. The molecule has 0 bridgehead atoms. The zero-order valence-electron chi connectivity index (χ0n) is 13.1. The predicted molar refractivity (Wildman–Crippen MR) is 92.6 cm³/mol. The van der Waals surface area contributed by atoms with Crippen LogP contribution in [0.25, 0.3) is 0 Å². The number of hydrogen-bond donors (Lipinski definition) is 1. The van der Waals surface area contributed by atoms with Gasteiger partial charge in [0.15, 0.2) is 0 Å². The van der Waals surface area contributed by atoms with Gasteiger partial charge in [0.2, 0.25) is 5.91 Å². The maximum absolute atomic E-state index is 13.0. The van der Waals surface area contributed by atoms with Gasteiger partial charge in [0.25, 0.3) is 0 Å². The van der Waals surface area contributed by atoms with Crippen molar-refractivity contribution < 1.29 is 9.18 Å². The number of pyridine rings is 1. The molecule has 0 aliphatic rings. The minimum atomic E-state index is -0.261. The van der Waals surface area contributed by atoms with Crippen LogP contribution >= 0.6 is 15.9 Å². The van der Waals surface area contributed by atoms with Crippen molar-refractivity contribution in [1.29, 1.82) is 0 Å².